The molecule has 10 aromatic rings. The van der Waals surface area contributed by atoms with Crippen molar-refractivity contribution in [2.75, 3.05) is 26.6 Å². The lowest BCUT2D eigenvalue weighted by atomic mass is 9.83. The lowest BCUT2D eigenvalue weighted by Gasteiger charge is -2.34. The van der Waals surface area contributed by atoms with Crippen molar-refractivity contribution in [2.24, 2.45) is 5.73 Å². The lowest BCUT2D eigenvalue weighted by Crippen LogP contribution is -2.38. The standard InChI is InChI=1S/C25H25ClFN5O3S.C18H19ClFN5O.C11H15ClFN3O.C10H13ClFN3O.C10H11ClFN3O.C6H13NO/c1-15-5-7-18(8-6-15)36(34,35)32-14-20(19-10-16(26)12-29-24(19)32)22-28-13-21(27)23(31-22)30-17-4-3-9-25(2,33)11-17;1-18(26)4-2-3-11(6-18)24-17-14(20)9-23-16(25-17)13-8-22-15-12(13)5-10(19)7-21-15;1-11(17)4-2-3-7(5-11)15-9-8(13)6-14-10(12)16-9;2*11-10-13-5-8(12)9(15-10)14-6-2-1-3-7(16)4-6;7-5-2-1-3-6(8)4-5/h5-8,10,12-14,17,33H,3-4,9,11H2,1-2H3,(H,28,30,31);5,7-9,11,26H,2-4,6H2,1H3,(H,21,22)(H,23,24,25);6-7,17H,2-5H2,1H3,(H,14,15,16);5-7,16H,1-4H2,(H,13,14,15);5-6H,1-4H2,(H,13,14,15);5-6,8H,1-4,7H2/t17-,25?;11-,18?;7-,11?;6-,7?;6-;5-,6?/m000000/s1. The van der Waals surface area contributed by atoms with Crippen LogP contribution in [0.3, 0.4) is 0 Å². The maximum absolute atomic E-state index is 14.7. The molecule has 9 heterocycles. The Bertz CT molecular complexity index is 5240. The van der Waals surface area contributed by atoms with Crippen LogP contribution in [-0.4, -0.2) is 174 Å². The summed E-state index contributed by atoms with van der Waals surface area (Å²) in [7, 11) is -4.00. The molecule has 6 aliphatic rings. The van der Waals surface area contributed by atoms with Gasteiger partial charge in [0, 0.05) is 95.8 Å². The summed E-state index contributed by atoms with van der Waals surface area (Å²) in [4.78, 5) is 61.8. The number of benzene rings is 1. The Hall–Kier alpha value is -8.52. The van der Waals surface area contributed by atoms with Crippen molar-refractivity contribution in [3.8, 4) is 22.8 Å². The van der Waals surface area contributed by atoms with Gasteiger partial charge in [-0.3, -0.25) is 4.79 Å². The van der Waals surface area contributed by atoms with Crippen molar-refractivity contribution in [1.82, 2.24) is 68.8 Å². The number of H-pyrrole nitrogens is 1. The van der Waals surface area contributed by atoms with Crippen LogP contribution < -0.4 is 32.3 Å². The Labute approximate surface area is 709 Å². The Kier molecular flexibility index (Phi) is 31.4. The summed E-state index contributed by atoms with van der Waals surface area (Å²) >= 11 is 29.0. The zero-order chi connectivity index (χ0) is 85.5. The summed E-state index contributed by atoms with van der Waals surface area (Å²) < 4.78 is 97.0. The molecule has 0 radical (unpaired) electrons. The molecule has 0 aliphatic heterocycles. The van der Waals surface area contributed by atoms with E-state index in [-0.39, 0.29) is 116 Å². The fraction of sp³-hybridized carbons (Fsp3) is 0.487. The molecule has 119 heavy (non-hydrogen) atoms. The van der Waals surface area contributed by atoms with Crippen LogP contribution in [0.15, 0.2) is 97.1 Å². The third-order valence-corrected chi connectivity index (χ3v) is 23.8. The third-order valence-electron chi connectivity index (χ3n) is 21.2. The summed E-state index contributed by atoms with van der Waals surface area (Å²) in [6.07, 6.45) is 29.7. The number of fused-ring (bicyclic) bond motifs is 2. The first-order valence-corrected chi connectivity index (χ1v) is 42.7. The Morgan fingerprint density at radius 2 is 0.908 bits per heavy atom. The molecule has 13 N–H and O–H groups in total. The molecular formula is C80H96Cl5F5N20O8S. The number of nitrogens with zero attached hydrogens (tertiary/aromatic N) is 13. The molecule has 6 fully saturated rings. The highest BCUT2D eigenvalue weighted by Gasteiger charge is 2.35. The largest absolute Gasteiger partial charge is 0.393 e. The average molecular weight is 1770 g/mol. The number of ketones is 1. The van der Waals surface area contributed by atoms with Crippen LogP contribution in [-0.2, 0) is 14.8 Å². The molecule has 5 unspecified atom stereocenters. The van der Waals surface area contributed by atoms with Crippen LogP contribution in [0.4, 0.5) is 51.0 Å². The van der Waals surface area contributed by atoms with E-state index >= 15 is 0 Å². The number of anilines is 5. The number of aryl methyl sites for hydroxylation is 1. The van der Waals surface area contributed by atoms with Gasteiger partial charge in [0.25, 0.3) is 10.0 Å². The molecule has 0 saturated heterocycles. The first kappa shape index (κ1) is 91.2. The minimum absolute atomic E-state index is 0.00830. The van der Waals surface area contributed by atoms with E-state index in [9.17, 15) is 55.6 Å². The quantitative estimate of drug-likeness (QED) is 0.0355. The van der Waals surface area contributed by atoms with Crippen LogP contribution in [0.5, 0.6) is 0 Å². The third kappa shape index (κ3) is 26.3. The number of nitrogens with one attached hydrogen (secondary N) is 6. The zero-order valence-electron chi connectivity index (χ0n) is 65.8. The number of rotatable bonds is 14. The monoisotopic (exact) mass is 1770 g/mol. The minimum atomic E-state index is -4.00. The first-order valence-electron chi connectivity index (χ1n) is 39.3. The van der Waals surface area contributed by atoms with E-state index in [0.717, 1.165) is 155 Å². The second kappa shape index (κ2) is 40.9. The van der Waals surface area contributed by atoms with Crippen molar-refractivity contribution >= 4 is 125 Å². The number of halogens is 10. The van der Waals surface area contributed by atoms with E-state index in [2.05, 4.69) is 91.4 Å². The average Bonchev–Trinajstić information content (AvgIpc) is 1.60. The van der Waals surface area contributed by atoms with Crippen LogP contribution >= 0.6 is 58.0 Å². The normalized spacial score (nSPS) is 24.4. The first-order chi connectivity index (χ1) is 56.5. The number of nitrogens with two attached hydrogens (primary N) is 1. The predicted molar refractivity (Wildman–Crippen MR) is 447 cm³/mol. The van der Waals surface area contributed by atoms with Crippen molar-refractivity contribution in [2.45, 2.75) is 252 Å². The van der Waals surface area contributed by atoms with Crippen LogP contribution in [0.1, 0.15) is 180 Å². The van der Waals surface area contributed by atoms with Gasteiger partial charge in [-0.15, -0.1) is 0 Å². The van der Waals surface area contributed by atoms with Gasteiger partial charge in [-0.25, -0.2) is 79.2 Å². The summed E-state index contributed by atoms with van der Waals surface area (Å²) in [5, 5.41) is 66.1. The Morgan fingerprint density at radius 1 is 0.496 bits per heavy atom. The SMILES string of the molecule is CC1(O)CCC[C@H](Nc2nc(-c3c[nH]c4ncc(Cl)cc34)ncc2F)C1.CC1(O)CCC[C@H](Nc2nc(Cl)ncc2F)C1.Cc1ccc(S(=O)(=O)n2cc(-c3ncc(F)c(N[C@H]4CCCC(C)(O)C4)n3)c3cc(Cl)cnc32)cc1.N[C@H]1CCCC(O)C1.O=C1CCC[C@H](Nc2nc(Cl)ncc2F)C1.OC1CCC[C@H](Nc2nc(Cl)ncc2F)C1. The van der Waals surface area contributed by atoms with E-state index < -0.39 is 55.9 Å². The molecule has 0 amide bonds. The Morgan fingerprint density at radius 3 is 1.36 bits per heavy atom. The lowest BCUT2D eigenvalue weighted by molar-refractivity contribution is -0.120. The number of carbonyl (C=O) groups is 1. The maximum atomic E-state index is 14.7. The highest BCUT2D eigenvalue weighted by Crippen LogP contribution is 2.38. The van der Waals surface area contributed by atoms with Gasteiger partial charge in [-0.1, -0.05) is 40.9 Å². The number of aliphatic hydroxyl groups is 5. The second-order valence-corrected chi connectivity index (χ2v) is 35.4. The summed E-state index contributed by atoms with van der Waals surface area (Å²) in [6, 6.07) is 9.92. The number of hydrogen-bond donors (Lipinski definition) is 12. The highest BCUT2D eigenvalue weighted by molar-refractivity contribution is 7.90. The molecule has 16 rings (SSSR count). The van der Waals surface area contributed by atoms with E-state index in [1.54, 1.807) is 50.5 Å². The van der Waals surface area contributed by atoms with Crippen molar-refractivity contribution in [1.29, 1.82) is 0 Å². The second-order valence-electron chi connectivity index (χ2n) is 31.7. The van der Waals surface area contributed by atoms with Crippen LogP contribution in [0.25, 0.3) is 44.8 Å². The number of carbonyl (C=O) groups excluding carboxylic acids is 1. The summed E-state index contributed by atoms with van der Waals surface area (Å²) in [6.45, 7) is 7.24. The number of aromatic nitrogens is 14. The molecular weight excluding hydrogens is 1670 g/mol. The molecule has 9 aromatic heterocycles. The van der Waals surface area contributed by atoms with E-state index in [1.165, 1.54) is 24.5 Å². The van der Waals surface area contributed by atoms with E-state index in [1.807, 2.05) is 13.8 Å². The number of aromatic amines is 1. The molecule has 0 bridgehead atoms. The smallest absolute Gasteiger partial charge is 0.269 e. The van der Waals surface area contributed by atoms with Crippen molar-refractivity contribution < 1.29 is 60.7 Å². The van der Waals surface area contributed by atoms with Crippen molar-refractivity contribution in [3.63, 3.8) is 0 Å². The summed E-state index contributed by atoms with van der Waals surface area (Å²) in [5.74, 6) is -1.66. The van der Waals surface area contributed by atoms with E-state index in [4.69, 9.17) is 68.8 Å². The Balaban J connectivity index is 0.000000148. The number of pyridine rings is 2. The molecule has 6 aliphatic carbocycles. The van der Waals surface area contributed by atoms with Gasteiger partial charge in [0.05, 0.1) is 74.9 Å². The molecule has 11 atom stereocenters. The van der Waals surface area contributed by atoms with Crippen LogP contribution in [0.2, 0.25) is 25.9 Å². The number of Topliss-reactive ketones (excluding diaryl/α,β-unsaturated/α-hetero) is 1. The van der Waals surface area contributed by atoms with Gasteiger partial charge in [0.2, 0.25) is 15.9 Å². The number of hydrogen-bond acceptors (Lipinski definition) is 26. The highest BCUT2D eigenvalue weighted by atomic mass is 35.5. The van der Waals surface area contributed by atoms with Gasteiger partial charge in [-0.2, -0.15) is 15.0 Å². The predicted octanol–water partition coefficient (Wildman–Crippen LogP) is 15.7. The fourth-order valence-electron chi connectivity index (χ4n) is 15.3. The van der Waals surface area contributed by atoms with Gasteiger partial charge in [0.15, 0.2) is 75.5 Å². The van der Waals surface area contributed by atoms with Crippen LogP contribution in [0, 0.1) is 36.0 Å². The minimum Gasteiger partial charge on any atom is -0.393 e. The molecule has 6 saturated carbocycles. The van der Waals surface area contributed by atoms with Gasteiger partial charge >= 0.3 is 0 Å². The summed E-state index contributed by atoms with van der Waals surface area (Å²) in [5.41, 5.74) is 6.10. The topological polar surface area (TPSA) is 414 Å². The number of aliphatic hydroxyl groups excluding tert-OH is 2. The van der Waals surface area contributed by atoms with E-state index in [0.29, 0.717) is 83.0 Å². The molecule has 640 valence electrons. The molecule has 39 heteroatoms. The maximum Gasteiger partial charge on any atom is 0.269 e. The zero-order valence-corrected chi connectivity index (χ0v) is 70.4. The molecule has 28 nitrogen and oxygen atoms in total. The molecule has 1 aromatic carbocycles. The molecule has 0 spiro atoms. The van der Waals surface area contributed by atoms with Gasteiger partial charge < -0.3 is 62.8 Å². The van der Waals surface area contributed by atoms with Gasteiger partial charge in [-0.05, 0) is 228 Å². The fourth-order valence-corrected chi connectivity index (χ4v) is 17.4. The van der Waals surface area contributed by atoms with Gasteiger partial charge in [0.1, 0.15) is 11.4 Å². The van der Waals surface area contributed by atoms with Crippen molar-refractivity contribution in [3.05, 3.63) is 153 Å².